The number of carboxylic acid groups (broad SMARTS) is 1. The second kappa shape index (κ2) is 5.16. The largest absolute Gasteiger partial charge is 0.493 e. The molecule has 16 heavy (non-hydrogen) atoms. The summed E-state index contributed by atoms with van der Waals surface area (Å²) >= 11 is 0. The van der Waals surface area contributed by atoms with Crippen LogP contribution >= 0.6 is 0 Å². The van der Waals surface area contributed by atoms with E-state index in [4.69, 9.17) is 9.84 Å². The molecule has 1 aromatic rings. The first-order valence-corrected chi connectivity index (χ1v) is 4.68. The molecule has 0 aromatic heterocycles. The number of benzene rings is 1. The molecule has 5 nitrogen and oxygen atoms in total. The monoisotopic (exact) mass is 224 g/mol. The number of aromatic carboxylic acids is 1. The first-order chi connectivity index (χ1) is 7.60. The van der Waals surface area contributed by atoms with Gasteiger partial charge in [-0.15, -0.1) is 0 Å². The maximum absolute atomic E-state index is 11.4. The number of methoxy groups -OCH3 is 1. The van der Waals surface area contributed by atoms with Crippen molar-refractivity contribution in [3.8, 4) is 5.75 Å². The average Bonchev–Trinajstić information content (AvgIpc) is 2.28. The first-order valence-electron chi connectivity index (χ1n) is 4.68. The number of hydrogen-bond donors (Lipinski definition) is 1. The maximum Gasteiger partial charge on any atom is 0.341 e. The molecule has 0 fully saturated rings. The lowest BCUT2D eigenvalue weighted by Crippen LogP contribution is -2.08. The summed E-state index contributed by atoms with van der Waals surface area (Å²) in [7, 11) is 1.23. The van der Waals surface area contributed by atoms with E-state index in [-0.39, 0.29) is 11.1 Å². The minimum atomic E-state index is -1.10. The highest BCUT2D eigenvalue weighted by molar-refractivity contribution is 5.96. The Hall–Kier alpha value is -2.04. The molecule has 86 valence electrons. The second-order valence-corrected chi connectivity index (χ2v) is 2.94. The topological polar surface area (TPSA) is 72.8 Å². The molecule has 0 saturated carbocycles. The molecule has 5 heteroatoms. The van der Waals surface area contributed by atoms with Gasteiger partial charge in [0.15, 0.2) is 0 Å². The molecule has 1 rings (SSSR count). The van der Waals surface area contributed by atoms with Gasteiger partial charge in [-0.05, 0) is 25.1 Å². The predicted octanol–water partition coefficient (Wildman–Crippen LogP) is 1.57. The van der Waals surface area contributed by atoms with Gasteiger partial charge in [-0.3, -0.25) is 0 Å². The third kappa shape index (κ3) is 2.50. The summed E-state index contributed by atoms with van der Waals surface area (Å²) in [5.41, 5.74) is 0.133. The van der Waals surface area contributed by atoms with Crippen molar-refractivity contribution in [2.45, 2.75) is 6.92 Å². The van der Waals surface area contributed by atoms with E-state index in [1.54, 1.807) is 6.92 Å². The van der Waals surface area contributed by atoms with Crippen molar-refractivity contribution in [2.24, 2.45) is 0 Å². The third-order valence-electron chi connectivity index (χ3n) is 1.93. The number of hydrogen-bond acceptors (Lipinski definition) is 4. The molecule has 0 bridgehead atoms. The van der Waals surface area contributed by atoms with E-state index in [1.165, 1.54) is 25.3 Å². The summed E-state index contributed by atoms with van der Waals surface area (Å²) < 4.78 is 9.75. The van der Waals surface area contributed by atoms with Crippen LogP contribution in [0.1, 0.15) is 27.6 Å². The molecule has 1 N–H and O–H groups in total. The van der Waals surface area contributed by atoms with Crippen molar-refractivity contribution < 1.29 is 24.2 Å². The average molecular weight is 224 g/mol. The summed E-state index contributed by atoms with van der Waals surface area (Å²) in [6, 6.07) is 4.05. The van der Waals surface area contributed by atoms with Gasteiger partial charge in [0.1, 0.15) is 11.3 Å². The fourth-order valence-corrected chi connectivity index (χ4v) is 1.21. The van der Waals surface area contributed by atoms with Crippen molar-refractivity contribution in [2.75, 3.05) is 13.7 Å². The number of esters is 1. The van der Waals surface area contributed by atoms with Gasteiger partial charge in [0.25, 0.3) is 0 Å². The molecule has 0 atom stereocenters. The summed E-state index contributed by atoms with van der Waals surface area (Å²) in [6.45, 7) is 2.16. The first kappa shape index (κ1) is 12.0. The fourth-order valence-electron chi connectivity index (χ4n) is 1.21. The molecule has 0 aliphatic heterocycles. The maximum atomic E-state index is 11.4. The molecule has 0 amide bonds. The van der Waals surface area contributed by atoms with Crippen molar-refractivity contribution in [1.29, 1.82) is 0 Å². The normalized spacial score (nSPS) is 9.62. The summed E-state index contributed by atoms with van der Waals surface area (Å²) in [5, 5.41) is 8.79. The lowest BCUT2D eigenvalue weighted by Gasteiger charge is -2.09. The van der Waals surface area contributed by atoms with Gasteiger partial charge in [0.05, 0.1) is 19.3 Å². The molecule has 0 heterocycles. The standard InChI is InChI=1S/C11H12O5/c1-3-16-9-5-4-7(10(12)13)6-8(9)11(14)15-2/h4-6H,3H2,1-2H3,(H,12,13). The summed E-state index contributed by atoms with van der Waals surface area (Å²) in [4.78, 5) is 22.1. The zero-order valence-corrected chi connectivity index (χ0v) is 9.02. The van der Waals surface area contributed by atoms with E-state index in [9.17, 15) is 9.59 Å². The smallest absolute Gasteiger partial charge is 0.341 e. The van der Waals surface area contributed by atoms with Crippen molar-refractivity contribution in [3.63, 3.8) is 0 Å². The predicted molar refractivity (Wildman–Crippen MR) is 55.9 cm³/mol. The van der Waals surface area contributed by atoms with Crippen molar-refractivity contribution in [1.82, 2.24) is 0 Å². The SMILES string of the molecule is CCOc1ccc(C(=O)O)cc1C(=O)OC. The highest BCUT2D eigenvalue weighted by atomic mass is 16.5. The van der Waals surface area contributed by atoms with Gasteiger partial charge in [0, 0.05) is 0 Å². The van der Waals surface area contributed by atoms with Crippen LogP contribution in [0.15, 0.2) is 18.2 Å². The molecule has 0 radical (unpaired) electrons. The summed E-state index contributed by atoms with van der Waals surface area (Å²) in [5.74, 6) is -1.40. The minimum absolute atomic E-state index is 0.0175. The Balaban J connectivity index is 3.20. The van der Waals surface area contributed by atoms with Gasteiger partial charge < -0.3 is 14.6 Å². The number of carbonyl (C=O) groups is 2. The van der Waals surface area contributed by atoms with Gasteiger partial charge in [0.2, 0.25) is 0 Å². The zero-order valence-electron chi connectivity index (χ0n) is 9.02. The number of ether oxygens (including phenoxy) is 2. The number of carbonyl (C=O) groups excluding carboxylic acids is 1. The van der Waals surface area contributed by atoms with E-state index in [2.05, 4.69) is 4.74 Å². The van der Waals surface area contributed by atoms with E-state index in [0.29, 0.717) is 12.4 Å². The van der Waals surface area contributed by atoms with Crippen molar-refractivity contribution >= 4 is 11.9 Å². The van der Waals surface area contributed by atoms with Crippen LogP contribution in [0.5, 0.6) is 5.75 Å². The van der Waals surface area contributed by atoms with Crippen LogP contribution in [-0.4, -0.2) is 30.8 Å². The number of carboxylic acids is 1. The quantitative estimate of drug-likeness (QED) is 0.786. The Labute approximate surface area is 92.6 Å². The lowest BCUT2D eigenvalue weighted by molar-refractivity contribution is 0.0596. The molecule has 0 aliphatic rings. The van der Waals surface area contributed by atoms with Gasteiger partial charge in [-0.2, -0.15) is 0 Å². The van der Waals surface area contributed by atoms with E-state index in [1.807, 2.05) is 0 Å². The van der Waals surface area contributed by atoms with E-state index < -0.39 is 11.9 Å². The molecule has 1 aromatic carbocycles. The molecule has 0 aliphatic carbocycles. The van der Waals surface area contributed by atoms with Crippen LogP contribution in [0.3, 0.4) is 0 Å². The molecular weight excluding hydrogens is 212 g/mol. The van der Waals surface area contributed by atoms with Crippen LogP contribution in [-0.2, 0) is 4.74 Å². The fraction of sp³-hybridized carbons (Fsp3) is 0.273. The van der Waals surface area contributed by atoms with E-state index in [0.717, 1.165) is 0 Å². The van der Waals surface area contributed by atoms with Gasteiger partial charge >= 0.3 is 11.9 Å². The van der Waals surface area contributed by atoms with Gasteiger partial charge in [-0.1, -0.05) is 0 Å². The molecule has 0 unspecified atom stereocenters. The Bertz CT molecular complexity index is 411. The lowest BCUT2D eigenvalue weighted by atomic mass is 10.1. The minimum Gasteiger partial charge on any atom is -0.493 e. The second-order valence-electron chi connectivity index (χ2n) is 2.94. The summed E-state index contributed by atoms with van der Waals surface area (Å²) in [6.07, 6.45) is 0. The van der Waals surface area contributed by atoms with E-state index >= 15 is 0 Å². The Morgan fingerprint density at radius 2 is 2.06 bits per heavy atom. The third-order valence-corrected chi connectivity index (χ3v) is 1.93. The molecular formula is C11H12O5. The van der Waals surface area contributed by atoms with Crippen molar-refractivity contribution in [3.05, 3.63) is 29.3 Å². The zero-order chi connectivity index (χ0) is 12.1. The van der Waals surface area contributed by atoms with Gasteiger partial charge in [-0.25, -0.2) is 9.59 Å². The van der Waals surface area contributed by atoms with Crippen LogP contribution in [0.4, 0.5) is 0 Å². The Morgan fingerprint density at radius 1 is 1.38 bits per heavy atom. The van der Waals surface area contributed by atoms with Crippen LogP contribution in [0.2, 0.25) is 0 Å². The molecule has 0 saturated heterocycles. The highest BCUT2D eigenvalue weighted by Gasteiger charge is 2.15. The molecule has 0 spiro atoms. The van der Waals surface area contributed by atoms with Crippen LogP contribution < -0.4 is 4.74 Å². The Morgan fingerprint density at radius 3 is 2.56 bits per heavy atom. The highest BCUT2D eigenvalue weighted by Crippen LogP contribution is 2.21. The number of rotatable bonds is 4. The Kier molecular flexibility index (Phi) is 3.88. The van der Waals surface area contributed by atoms with Crippen LogP contribution in [0.25, 0.3) is 0 Å². The van der Waals surface area contributed by atoms with Crippen LogP contribution in [0, 0.1) is 0 Å².